The summed E-state index contributed by atoms with van der Waals surface area (Å²) in [6.45, 7) is 1.84. The summed E-state index contributed by atoms with van der Waals surface area (Å²) in [5.74, 6) is 0.581. The number of rotatable bonds is 7. The standard InChI is InChI=1S/C17H20ClN3O3/c18-13-3-5-15(6-4-13)24-9-7-17(22)20-14-10-19-21(11-14)12-16-2-1-8-23-16/h3-6,10-11,16H,1-2,7-9,12H2,(H,20,22)/t16-/m1/s1. The van der Waals surface area contributed by atoms with E-state index < -0.39 is 0 Å². The Bertz CT molecular complexity index is 666. The average Bonchev–Trinajstić information content (AvgIpc) is 3.22. The number of benzene rings is 1. The molecule has 0 aliphatic carbocycles. The van der Waals surface area contributed by atoms with Gasteiger partial charge in [-0.15, -0.1) is 0 Å². The van der Waals surface area contributed by atoms with Gasteiger partial charge >= 0.3 is 0 Å². The van der Waals surface area contributed by atoms with Crippen LogP contribution in [0.3, 0.4) is 0 Å². The Labute approximate surface area is 145 Å². The number of carbonyl (C=O) groups excluding carboxylic acids is 1. The first-order chi connectivity index (χ1) is 11.7. The Hall–Kier alpha value is -2.05. The van der Waals surface area contributed by atoms with Crippen LogP contribution in [0, 0.1) is 0 Å². The number of halogens is 1. The maximum Gasteiger partial charge on any atom is 0.227 e. The molecule has 0 radical (unpaired) electrons. The van der Waals surface area contributed by atoms with E-state index in [1.165, 1.54) is 0 Å². The van der Waals surface area contributed by atoms with Gasteiger partial charge < -0.3 is 14.8 Å². The molecule has 6 nitrogen and oxygen atoms in total. The average molecular weight is 350 g/mol. The number of amides is 1. The molecule has 128 valence electrons. The van der Waals surface area contributed by atoms with Crippen molar-refractivity contribution in [3.63, 3.8) is 0 Å². The van der Waals surface area contributed by atoms with Crippen LogP contribution in [0.25, 0.3) is 0 Å². The van der Waals surface area contributed by atoms with E-state index >= 15 is 0 Å². The summed E-state index contributed by atoms with van der Waals surface area (Å²) in [5, 5.41) is 7.72. The fraction of sp³-hybridized carbons (Fsp3) is 0.412. The lowest BCUT2D eigenvalue weighted by atomic mass is 10.2. The predicted molar refractivity (Wildman–Crippen MR) is 91.4 cm³/mol. The summed E-state index contributed by atoms with van der Waals surface area (Å²) in [6, 6.07) is 7.05. The zero-order chi connectivity index (χ0) is 16.8. The zero-order valence-corrected chi connectivity index (χ0v) is 14.0. The third-order valence-corrected chi connectivity index (χ3v) is 4.00. The first-order valence-corrected chi connectivity index (χ1v) is 8.39. The number of nitrogens with zero attached hydrogens (tertiary/aromatic N) is 2. The molecule has 1 amide bonds. The highest BCUT2D eigenvalue weighted by Crippen LogP contribution is 2.16. The molecule has 24 heavy (non-hydrogen) atoms. The molecule has 2 heterocycles. The van der Waals surface area contributed by atoms with Crippen LogP contribution >= 0.6 is 11.6 Å². The highest BCUT2D eigenvalue weighted by Gasteiger charge is 2.16. The van der Waals surface area contributed by atoms with Gasteiger partial charge in [-0.1, -0.05) is 11.6 Å². The van der Waals surface area contributed by atoms with Gasteiger partial charge in [0.1, 0.15) is 5.75 Å². The fourth-order valence-electron chi connectivity index (χ4n) is 2.54. The summed E-state index contributed by atoms with van der Waals surface area (Å²) < 4.78 is 12.9. The Morgan fingerprint density at radius 3 is 3.00 bits per heavy atom. The maximum absolute atomic E-state index is 11.9. The summed E-state index contributed by atoms with van der Waals surface area (Å²) >= 11 is 5.81. The number of anilines is 1. The Balaban J connectivity index is 1.39. The maximum atomic E-state index is 11.9. The number of aromatic nitrogens is 2. The summed E-state index contributed by atoms with van der Waals surface area (Å²) in [4.78, 5) is 11.9. The van der Waals surface area contributed by atoms with Crippen molar-refractivity contribution in [1.82, 2.24) is 9.78 Å². The van der Waals surface area contributed by atoms with E-state index in [0.717, 1.165) is 26.0 Å². The minimum Gasteiger partial charge on any atom is -0.493 e. The second-order valence-electron chi connectivity index (χ2n) is 5.69. The minimum atomic E-state index is -0.111. The van der Waals surface area contributed by atoms with E-state index in [1.807, 2.05) is 6.20 Å². The molecule has 1 fully saturated rings. The Kier molecular flexibility index (Phi) is 5.72. The van der Waals surface area contributed by atoms with Gasteiger partial charge in [0.2, 0.25) is 5.91 Å². The van der Waals surface area contributed by atoms with Crippen LogP contribution in [0.15, 0.2) is 36.7 Å². The predicted octanol–water partition coefficient (Wildman–Crippen LogP) is 3.12. The highest BCUT2D eigenvalue weighted by atomic mass is 35.5. The van der Waals surface area contributed by atoms with Gasteiger partial charge in [0.05, 0.1) is 37.6 Å². The van der Waals surface area contributed by atoms with Crippen molar-refractivity contribution in [2.24, 2.45) is 0 Å². The van der Waals surface area contributed by atoms with Crippen molar-refractivity contribution in [2.45, 2.75) is 31.9 Å². The van der Waals surface area contributed by atoms with Crippen molar-refractivity contribution in [1.29, 1.82) is 0 Å². The van der Waals surface area contributed by atoms with Crippen molar-refractivity contribution >= 4 is 23.2 Å². The Morgan fingerprint density at radius 2 is 2.25 bits per heavy atom. The molecule has 2 aromatic rings. The first kappa shape index (κ1) is 16.8. The molecule has 1 aliphatic rings. The van der Waals surface area contributed by atoms with Crippen LogP contribution in [-0.4, -0.2) is 35.0 Å². The van der Waals surface area contributed by atoms with E-state index in [1.54, 1.807) is 35.1 Å². The number of carbonyl (C=O) groups is 1. The molecule has 7 heteroatoms. The topological polar surface area (TPSA) is 65.4 Å². The number of ether oxygens (including phenoxy) is 2. The molecular formula is C17H20ClN3O3. The monoisotopic (exact) mass is 349 g/mol. The molecule has 0 bridgehead atoms. The molecule has 1 aromatic heterocycles. The first-order valence-electron chi connectivity index (χ1n) is 8.01. The van der Waals surface area contributed by atoms with Crippen molar-refractivity contribution < 1.29 is 14.3 Å². The van der Waals surface area contributed by atoms with Crippen LogP contribution in [0.4, 0.5) is 5.69 Å². The third-order valence-electron chi connectivity index (χ3n) is 3.74. The van der Waals surface area contributed by atoms with E-state index in [2.05, 4.69) is 10.4 Å². The quantitative estimate of drug-likeness (QED) is 0.834. The molecule has 1 atom stereocenters. The number of nitrogens with one attached hydrogen (secondary N) is 1. The van der Waals surface area contributed by atoms with E-state index in [9.17, 15) is 4.79 Å². The molecule has 3 rings (SSSR count). The van der Waals surface area contributed by atoms with Crippen LogP contribution in [-0.2, 0) is 16.1 Å². The van der Waals surface area contributed by atoms with Gasteiger partial charge in [-0.2, -0.15) is 5.10 Å². The second-order valence-corrected chi connectivity index (χ2v) is 6.12. The summed E-state index contributed by atoms with van der Waals surface area (Å²) in [7, 11) is 0. The van der Waals surface area contributed by atoms with E-state index in [-0.39, 0.29) is 18.4 Å². The van der Waals surface area contributed by atoms with Gasteiger partial charge in [0, 0.05) is 17.8 Å². The van der Waals surface area contributed by atoms with Crippen molar-refractivity contribution in [2.75, 3.05) is 18.5 Å². The SMILES string of the molecule is O=C(CCOc1ccc(Cl)cc1)Nc1cnn(C[C@H]2CCCO2)c1. The molecule has 1 aromatic carbocycles. The molecule has 1 N–H and O–H groups in total. The van der Waals surface area contributed by atoms with Gasteiger partial charge in [-0.25, -0.2) is 0 Å². The lowest BCUT2D eigenvalue weighted by Gasteiger charge is -2.08. The lowest BCUT2D eigenvalue weighted by molar-refractivity contribution is -0.116. The fourth-order valence-corrected chi connectivity index (χ4v) is 2.67. The lowest BCUT2D eigenvalue weighted by Crippen LogP contribution is -2.16. The number of hydrogen-bond acceptors (Lipinski definition) is 4. The van der Waals surface area contributed by atoms with Crippen LogP contribution < -0.4 is 10.1 Å². The Morgan fingerprint density at radius 1 is 1.42 bits per heavy atom. The molecule has 0 unspecified atom stereocenters. The summed E-state index contributed by atoms with van der Waals surface area (Å²) in [6.07, 6.45) is 6.11. The molecule has 0 spiro atoms. The van der Waals surface area contributed by atoms with E-state index in [4.69, 9.17) is 21.1 Å². The largest absolute Gasteiger partial charge is 0.493 e. The van der Waals surface area contributed by atoms with Crippen LogP contribution in [0.1, 0.15) is 19.3 Å². The van der Waals surface area contributed by atoms with Crippen molar-refractivity contribution in [3.05, 3.63) is 41.7 Å². The normalized spacial score (nSPS) is 17.0. The van der Waals surface area contributed by atoms with Crippen molar-refractivity contribution in [3.8, 4) is 5.75 Å². The van der Waals surface area contributed by atoms with Crippen LogP contribution in [0.2, 0.25) is 5.02 Å². The molecular weight excluding hydrogens is 330 g/mol. The van der Waals surface area contributed by atoms with Gasteiger partial charge in [-0.05, 0) is 37.1 Å². The zero-order valence-electron chi connectivity index (χ0n) is 13.3. The van der Waals surface area contributed by atoms with Gasteiger partial charge in [0.15, 0.2) is 0 Å². The van der Waals surface area contributed by atoms with Crippen LogP contribution in [0.5, 0.6) is 5.75 Å². The third kappa shape index (κ3) is 4.97. The van der Waals surface area contributed by atoms with Gasteiger partial charge in [0.25, 0.3) is 0 Å². The molecule has 1 aliphatic heterocycles. The second kappa shape index (κ2) is 8.17. The number of hydrogen-bond donors (Lipinski definition) is 1. The smallest absolute Gasteiger partial charge is 0.227 e. The van der Waals surface area contributed by atoms with Gasteiger partial charge in [-0.3, -0.25) is 9.48 Å². The summed E-state index contributed by atoms with van der Waals surface area (Å²) in [5.41, 5.74) is 0.685. The molecule has 1 saturated heterocycles. The van der Waals surface area contributed by atoms with E-state index in [0.29, 0.717) is 23.1 Å². The minimum absolute atomic E-state index is 0.111. The molecule has 0 saturated carbocycles. The highest BCUT2D eigenvalue weighted by molar-refractivity contribution is 6.30.